The van der Waals surface area contributed by atoms with E-state index in [4.69, 9.17) is 18.9 Å². The van der Waals surface area contributed by atoms with Gasteiger partial charge in [-0.2, -0.15) is 0 Å². The third kappa shape index (κ3) is 7.97. The monoisotopic (exact) mass is 696 g/mol. The number of nitrogens with zero attached hydrogens (tertiary/aromatic N) is 3. The molecule has 13 nitrogen and oxygen atoms in total. The van der Waals surface area contributed by atoms with Gasteiger partial charge in [0.15, 0.2) is 0 Å². The SMILES string of the molecule is C=CCCC(=O)N[C@@H](COC)[C@@H](OC(=O)[C@@H]1[C@@H]2CC[C@]3(O2)[C@H](C(=O)N(CC=C)CCN2CCOCC2)N(CCCO)C(=O)[C@@H]13)c1ccccc1. The van der Waals surface area contributed by atoms with E-state index in [0.29, 0.717) is 51.1 Å². The Labute approximate surface area is 294 Å². The summed E-state index contributed by atoms with van der Waals surface area (Å²) >= 11 is 0. The summed E-state index contributed by atoms with van der Waals surface area (Å²) in [6.45, 7) is 11.8. The van der Waals surface area contributed by atoms with Crippen molar-refractivity contribution >= 4 is 23.7 Å². The molecule has 4 saturated heterocycles. The van der Waals surface area contributed by atoms with Crippen molar-refractivity contribution in [1.29, 1.82) is 0 Å². The predicted molar refractivity (Wildman–Crippen MR) is 184 cm³/mol. The van der Waals surface area contributed by atoms with Crippen LogP contribution in [0.1, 0.15) is 43.8 Å². The van der Waals surface area contributed by atoms with Gasteiger partial charge in [-0.25, -0.2) is 0 Å². The molecule has 1 aromatic carbocycles. The van der Waals surface area contributed by atoms with Gasteiger partial charge in [0.05, 0.1) is 43.8 Å². The van der Waals surface area contributed by atoms with Crippen LogP contribution in [0.5, 0.6) is 0 Å². The maximum absolute atomic E-state index is 14.6. The number of aliphatic hydroxyl groups excluding tert-OH is 1. The molecule has 0 saturated carbocycles. The lowest BCUT2D eigenvalue weighted by atomic mass is 9.70. The molecule has 1 aromatic rings. The van der Waals surface area contributed by atoms with Crippen molar-refractivity contribution in [3.8, 4) is 0 Å². The molecule has 274 valence electrons. The molecule has 0 aromatic heterocycles. The lowest BCUT2D eigenvalue weighted by molar-refractivity contribution is -0.163. The maximum Gasteiger partial charge on any atom is 0.313 e. The van der Waals surface area contributed by atoms with E-state index in [1.165, 1.54) is 12.0 Å². The van der Waals surface area contributed by atoms with Gasteiger partial charge in [0.1, 0.15) is 17.7 Å². The molecule has 4 heterocycles. The number of benzene rings is 1. The lowest BCUT2D eigenvalue weighted by Gasteiger charge is -2.37. The van der Waals surface area contributed by atoms with Crippen LogP contribution in [-0.4, -0.2) is 140 Å². The highest BCUT2D eigenvalue weighted by atomic mass is 16.6. The van der Waals surface area contributed by atoms with Crippen LogP contribution in [-0.2, 0) is 38.1 Å². The zero-order chi connectivity index (χ0) is 35.7. The van der Waals surface area contributed by atoms with Crippen LogP contribution in [0.25, 0.3) is 0 Å². The Kier molecular flexibility index (Phi) is 13.2. The van der Waals surface area contributed by atoms with E-state index in [1.54, 1.807) is 17.1 Å². The Morgan fingerprint density at radius 1 is 1.16 bits per heavy atom. The number of carbonyl (C=O) groups is 4. The van der Waals surface area contributed by atoms with E-state index in [2.05, 4.69) is 23.4 Å². The predicted octanol–water partition coefficient (Wildman–Crippen LogP) is 1.47. The molecule has 4 fully saturated rings. The summed E-state index contributed by atoms with van der Waals surface area (Å²) in [5.41, 5.74) is -0.565. The largest absolute Gasteiger partial charge is 0.455 e. The molecule has 3 amide bonds. The highest BCUT2D eigenvalue weighted by molar-refractivity contribution is 5.98. The molecule has 50 heavy (non-hydrogen) atoms. The average Bonchev–Trinajstić information content (AvgIpc) is 3.78. The molecule has 0 aliphatic carbocycles. The fraction of sp³-hybridized carbons (Fsp3) is 0.622. The molecule has 7 atom stereocenters. The molecular formula is C37H52N4O9. The Morgan fingerprint density at radius 2 is 1.92 bits per heavy atom. The Morgan fingerprint density at radius 3 is 2.60 bits per heavy atom. The second kappa shape index (κ2) is 17.5. The second-order valence-corrected chi connectivity index (χ2v) is 13.4. The second-order valence-electron chi connectivity index (χ2n) is 13.4. The van der Waals surface area contributed by atoms with Gasteiger partial charge in [-0.15, -0.1) is 13.2 Å². The zero-order valence-corrected chi connectivity index (χ0v) is 29.1. The Balaban J connectivity index is 1.42. The van der Waals surface area contributed by atoms with Gasteiger partial charge in [-0.3, -0.25) is 24.1 Å². The summed E-state index contributed by atoms with van der Waals surface area (Å²) in [5, 5.41) is 12.7. The van der Waals surface area contributed by atoms with Crippen molar-refractivity contribution in [2.75, 3.05) is 72.8 Å². The van der Waals surface area contributed by atoms with Crippen molar-refractivity contribution in [1.82, 2.24) is 20.0 Å². The first-order valence-electron chi connectivity index (χ1n) is 17.7. The summed E-state index contributed by atoms with van der Waals surface area (Å²) in [6, 6.07) is 7.42. The molecule has 1 spiro atoms. The molecule has 5 rings (SSSR count). The minimum atomic E-state index is -1.22. The number of aliphatic hydroxyl groups is 1. The fourth-order valence-corrected chi connectivity index (χ4v) is 8.01. The average molecular weight is 697 g/mol. The van der Waals surface area contributed by atoms with Gasteiger partial charge < -0.3 is 39.2 Å². The smallest absolute Gasteiger partial charge is 0.313 e. The topological polar surface area (TPSA) is 147 Å². The maximum atomic E-state index is 14.6. The zero-order valence-electron chi connectivity index (χ0n) is 29.1. The number of allylic oxidation sites excluding steroid dienone is 1. The van der Waals surface area contributed by atoms with Crippen molar-refractivity contribution in [2.24, 2.45) is 11.8 Å². The van der Waals surface area contributed by atoms with Crippen LogP contribution in [0.2, 0.25) is 0 Å². The number of nitrogens with one attached hydrogen (secondary N) is 1. The number of carbonyl (C=O) groups excluding carboxylic acids is 4. The van der Waals surface area contributed by atoms with Crippen LogP contribution in [0, 0.1) is 11.8 Å². The normalized spacial score (nSPS) is 27.0. The molecule has 4 aliphatic heterocycles. The van der Waals surface area contributed by atoms with Crippen molar-refractivity contribution in [2.45, 2.75) is 62.0 Å². The summed E-state index contributed by atoms with van der Waals surface area (Å²) in [7, 11) is 1.51. The van der Waals surface area contributed by atoms with Crippen molar-refractivity contribution in [3.63, 3.8) is 0 Å². The number of morpholine rings is 1. The number of fused-ring (bicyclic) bond motifs is 1. The van der Waals surface area contributed by atoms with E-state index in [9.17, 15) is 24.3 Å². The van der Waals surface area contributed by atoms with Crippen molar-refractivity contribution < 1.29 is 43.2 Å². The van der Waals surface area contributed by atoms with Crippen LogP contribution < -0.4 is 5.32 Å². The molecule has 13 heteroatoms. The van der Waals surface area contributed by atoms with E-state index >= 15 is 0 Å². The third-order valence-electron chi connectivity index (χ3n) is 10.3. The molecule has 2 bridgehead atoms. The van der Waals surface area contributed by atoms with E-state index in [1.807, 2.05) is 30.3 Å². The number of ether oxygens (including phenoxy) is 4. The number of rotatable bonds is 19. The quantitative estimate of drug-likeness (QED) is 0.161. The third-order valence-corrected chi connectivity index (χ3v) is 10.3. The number of likely N-dealkylation sites (tertiary alicyclic amines) is 1. The Bertz CT molecular complexity index is 1360. The number of methoxy groups -OCH3 is 1. The van der Waals surface area contributed by atoms with Gasteiger partial charge in [-0.1, -0.05) is 42.5 Å². The highest BCUT2D eigenvalue weighted by Gasteiger charge is 2.75. The Hall–Kier alpha value is -3.62. The fourth-order valence-electron chi connectivity index (χ4n) is 8.01. The van der Waals surface area contributed by atoms with Crippen molar-refractivity contribution in [3.05, 3.63) is 61.2 Å². The van der Waals surface area contributed by atoms with E-state index in [0.717, 1.165) is 13.1 Å². The van der Waals surface area contributed by atoms with Crippen LogP contribution in [0.15, 0.2) is 55.6 Å². The van der Waals surface area contributed by atoms with Gasteiger partial charge in [-0.05, 0) is 31.2 Å². The van der Waals surface area contributed by atoms with Gasteiger partial charge in [0, 0.05) is 59.4 Å². The van der Waals surface area contributed by atoms with Crippen LogP contribution in [0.4, 0.5) is 0 Å². The molecule has 0 radical (unpaired) electrons. The van der Waals surface area contributed by atoms with Crippen LogP contribution >= 0.6 is 0 Å². The number of amides is 3. The first-order chi connectivity index (χ1) is 24.3. The highest BCUT2D eigenvalue weighted by Crippen LogP contribution is 2.59. The molecule has 4 aliphatic rings. The number of esters is 1. The van der Waals surface area contributed by atoms with E-state index < -0.39 is 47.7 Å². The first kappa shape index (κ1) is 37.6. The summed E-state index contributed by atoms with van der Waals surface area (Å²) in [5.74, 6) is -3.38. The van der Waals surface area contributed by atoms with Gasteiger partial charge in [0.2, 0.25) is 17.7 Å². The molecular weight excluding hydrogens is 644 g/mol. The number of hydrogen-bond donors (Lipinski definition) is 2. The van der Waals surface area contributed by atoms with Gasteiger partial charge >= 0.3 is 5.97 Å². The molecule has 2 N–H and O–H groups in total. The minimum absolute atomic E-state index is 0.0681. The summed E-state index contributed by atoms with van der Waals surface area (Å²) < 4.78 is 23.8. The molecule has 0 unspecified atom stereocenters. The summed E-state index contributed by atoms with van der Waals surface area (Å²) in [6.07, 6.45) is 3.67. The van der Waals surface area contributed by atoms with Gasteiger partial charge in [0.25, 0.3) is 0 Å². The minimum Gasteiger partial charge on any atom is -0.455 e. The summed E-state index contributed by atoms with van der Waals surface area (Å²) in [4.78, 5) is 61.6. The number of hydrogen-bond acceptors (Lipinski definition) is 10. The lowest BCUT2D eigenvalue weighted by Crippen LogP contribution is -2.57. The van der Waals surface area contributed by atoms with Crippen LogP contribution in [0.3, 0.4) is 0 Å². The van der Waals surface area contributed by atoms with E-state index in [-0.39, 0.29) is 56.9 Å². The standard InChI is InChI=1S/C37H52N4O9/c1-4-6-13-29(43)38-27(25-47-3)32(26-11-8-7-9-12-26)49-36(46)30-28-14-15-37(50-28)31(30)34(44)41(17-10-22-42)33(37)35(45)40(16-5-2)19-18-39-20-23-48-24-21-39/h4-5,7-9,11-12,27-28,30-33,42H,1-2,6,10,13-25H2,3H3,(H,38,43)/t27-,28-,30+,31+,32-,33-,37+/m0/s1. The first-order valence-corrected chi connectivity index (χ1v) is 17.7.